The van der Waals surface area contributed by atoms with E-state index in [-0.39, 0.29) is 11.3 Å². The number of carbonyl (C=O) groups is 1. The monoisotopic (exact) mass is 335 g/mol. The van der Waals surface area contributed by atoms with Crippen molar-refractivity contribution >= 4 is 29.0 Å². The van der Waals surface area contributed by atoms with Crippen molar-refractivity contribution in [1.29, 1.82) is 0 Å². The fraction of sp³-hybridized carbons (Fsp3) is 0.100. The highest BCUT2D eigenvalue weighted by Crippen LogP contribution is 2.27. The quantitative estimate of drug-likeness (QED) is 0.730. The highest BCUT2D eigenvalue weighted by molar-refractivity contribution is 6.03. The summed E-state index contributed by atoms with van der Waals surface area (Å²) in [4.78, 5) is 16.0. The number of pyridine rings is 1. The van der Waals surface area contributed by atoms with Crippen LogP contribution in [0.5, 0.6) is 11.5 Å². The first-order valence-electron chi connectivity index (χ1n) is 7.85. The van der Waals surface area contributed by atoms with E-state index in [4.69, 9.17) is 4.74 Å². The van der Waals surface area contributed by atoms with Crippen molar-refractivity contribution < 1.29 is 19.7 Å². The van der Waals surface area contributed by atoms with Gasteiger partial charge in [0.15, 0.2) is 11.5 Å². The van der Waals surface area contributed by atoms with Gasteiger partial charge in [0.1, 0.15) is 0 Å². The van der Waals surface area contributed by atoms with Crippen LogP contribution in [0.25, 0.3) is 23.1 Å². The maximum Gasteiger partial charge on any atom is 0.336 e. The van der Waals surface area contributed by atoms with Gasteiger partial charge in [-0.25, -0.2) is 9.78 Å². The summed E-state index contributed by atoms with van der Waals surface area (Å²) in [6, 6.07) is 13.7. The van der Waals surface area contributed by atoms with Crippen LogP contribution < -0.4 is 4.74 Å². The van der Waals surface area contributed by atoms with Gasteiger partial charge < -0.3 is 14.9 Å². The fourth-order valence-electron chi connectivity index (χ4n) is 2.55. The van der Waals surface area contributed by atoms with Gasteiger partial charge in [0.25, 0.3) is 0 Å². The van der Waals surface area contributed by atoms with Gasteiger partial charge in [-0.2, -0.15) is 0 Å². The summed E-state index contributed by atoms with van der Waals surface area (Å²) < 4.78 is 5.36. The van der Waals surface area contributed by atoms with Crippen molar-refractivity contribution in [3.63, 3.8) is 0 Å². The molecule has 0 saturated carbocycles. The van der Waals surface area contributed by atoms with Crippen LogP contribution in [0.1, 0.15) is 28.5 Å². The number of aromatic nitrogens is 1. The zero-order chi connectivity index (χ0) is 17.8. The first-order valence-corrected chi connectivity index (χ1v) is 7.85. The molecule has 0 aliphatic carbocycles. The number of aromatic carboxylic acids is 1. The summed E-state index contributed by atoms with van der Waals surface area (Å²) in [5, 5.41) is 19.8. The lowest BCUT2D eigenvalue weighted by Gasteiger charge is -2.06. The second-order valence-corrected chi connectivity index (χ2v) is 5.41. The molecule has 3 rings (SSSR count). The number of ether oxygens (including phenoxy) is 1. The molecule has 0 aliphatic heterocycles. The zero-order valence-corrected chi connectivity index (χ0v) is 13.6. The number of carboxylic acid groups (broad SMARTS) is 1. The minimum Gasteiger partial charge on any atom is -0.504 e. The number of phenols is 1. The van der Waals surface area contributed by atoms with Crippen LogP contribution in [0.2, 0.25) is 0 Å². The largest absolute Gasteiger partial charge is 0.504 e. The number of fused-ring (bicyclic) bond motifs is 1. The highest BCUT2D eigenvalue weighted by Gasteiger charge is 2.10. The van der Waals surface area contributed by atoms with Gasteiger partial charge in [-0.15, -0.1) is 0 Å². The van der Waals surface area contributed by atoms with Crippen LogP contribution in [0.15, 0.2) is 48.5 Å². The fourth-order valence-corrected chi connectivity index (χ4v) is 2.55. The van der Waals surface area contributed by atoms with Gasteiger partial charge in [-0.1, -0.05) is 30.3 Å². The summed E-state index contributed by atoms with van der Waals surface area (Å²) in [6.45, 7) is 2.29. The van der Waals surface area contributed by atoms with Crippen molar-refractivity contribution in [2.75, 3.05) is 6.61 Å². The number of benzene rings is 2. The topological polar surface area (TPSA) is 79.7 Å². The minimum absolute atomic E-state index is 0.0796. The van der Waals surface area contributed by atoms with E-state index in [0.29, 0.717) is 29.0 Å². The van der Waals surface area contributed by atoms with Crippen LogP contribution >= 0.6 is 0 Å². The number of aromatic hydroxyl groups is 1. The van der Waals surface area contributed by atoms with Crippen molar-refractivity contribution in [3.05, 3.63) is 65.4 Å². The lowest BCUT2D eigenvalue weighted by atomic mass is 10.1. The standard InChI is InChI=1S/C20H17NO4/c1-2-25-19-11-13(8-10-18(19)22)7-9-14-12-16(20(23)24)15-5-3-4-6-17(15)21-14/h3-12,22H,2H2,1H3,(H,23,24)/b9-7-. The predicted octanol–water partition coefficient (Wildman–Crippen LogP) is 4.21. The number of rotatable bonds is 5. The van der Waals surface area contributed by atoms with Crippen LogP contribution in [0.3, 0.4) is 0 Å². The Morgan fingerprint density at radius 3 is 2.72 bits per heavy atom. The third-order valence-electron chi connectivity index (χ3n) is 3.70. The van der Waals surface area contributed by atoms with Crippen molar-refractivity contribution in [2.24, 2.45) is 0 Å². The number of carboxylic acids is 1. The molecule has 0 aliphatic rings. The van der Waals surface area contributed by atoms with E-state index in [2.05, 4.69) is 4.98 Å². The molecule has 5 nitrogen and oxygen atoms in total. The first kappa shape index (κ1) is 16.5. The van der Waals surface area contributed by atoms with Gasteiger partial charge in [-0.3, -0.25) is 0 Å². The molecule has 2 aromatic carbocycles. The molecule has 25 heavy (non-hydrogen) atoms. The van der Waals surface area contributed by atoms with E-state index in [1.165, 1.54) is 0 Å². The maximum atomic E-state index is 11.5. The lowest BCUT2D eigenvalue weighted by Crippen LogP contribution is -2.00. The Morgan fingerprint density at radius 2 is 1.96 bits per heavy atom. The van der Waals surface area contributed by atoms with Gasteiger partial charge >= 0.3 is 5.97 Å². The summed E-state index contributed by atoms with van der Waals surface area (Å²) in [5.74, 6) is -0.505. The molecule has 0 unspecified atom stereocenters. The Hall–Kier alpha value is -3.34. The van der Waals surface area contributed by atoms with E-state index in [1.807, 2.05) is 13.0 Å². The highest BCUT2D eigenvalue weighted by atomic mass is 16.5. The average Bonchev–Trinajstić information content (AvgIpc) is 2.61. The predicted molar refractivity (Wildman–Crippen MR) is 96.9 cm³/mol. The Bertz CT molecular complexity index is 963. The SMILES string of the molecule is CCOc1cc(/C=C\c2cc(C(=O)O)c3ccccc3n2)ccc1O. The summed E-state index contributed by atoms with van der Waals surface area (Å²) >= 11 is 0. The molecule has 5 heteroatoms. The van der Waals surface area contributed by atoms with E-state index in [9.17, 15) is 15.0 Å². The van der Waals surface area contributed by atoms with Gasteiger partial charge in [-0.05, 0) is 42.8 Å². The summed E-state index contributed by atoms with van der Waals surface area (Å²) in [5.41, 5.74) is 2.20. The van der Waals surface area contributed by atoms with E-state index in [0.717, 1.165) is 5.56 Å². The molecule has 0 amide bonds. The van der Waals surface area contributed by atoms with Crippen LogP contribution in [0.4, 0.5) is 0 Å². The van der Waals surface area contributed by atoms with Crippen molar-refractivity contribution in [3.8, 4) is 11.5 Å². The number of hydrogen-bond donors (Lipinski definition) is 2. The third kappa shape index (κ3) is 3.61. The molecule has 0 fully saturated rings. The second kappa shape index (κ2) is 7.05. The zero-order valence-electron chi connectivity index (χ0n) is 13.6. The Labute approximate surface area is 144 Å². The second-order valence-electron chi connectivity index (χ2n) is 5.41. The van der Waals surface area contributed by atoms with E-state index >= 15 is 0 Å². The Kier molecular flexibility index (Phi) is 4.66. The molecule has 126 valence electrons. The Morgan fingerprint density at radius 1 is 1.16 bits per heavy atom. The lowest BCUT2D eigenvalue weighted by molar-refractivity contribution is 0.0699. The van der Waals surface area contributed by atoms with Crippen molar-refractivity contribution in [2.45, 2.75) is 6.92 Å². The van der Waals surface area contributed by atoms with E-state index < -0.39 is 5.97 Å². The molecule has 1 aromatic heterocycles. The summed E-state index contributed by atoms with van der Waals surface area (Å²) in [7, 11) is 0. The van der Waals surface area contributed by atoms with Crippen LogP contribution in [-0.4, -0.2) is 27.8 Å². The smallest absolute Gasteiger partial charge is 0.336 e. The number of hydrogen-bond acceptors (Lipinski definition) is 4. The van der Waals surface area contributed by atoms with Gasteiger partial charge in [0.05, 0.1) is 23.4 Å². The summed E-state index contributed by atoms with van der Waals surface area (Å²) in [6.07, 6.45) is 3.53. The first-order chi connectivity index (χ1) is 12.1. The third-order valence-corrected chi connectivity index (χ3v) is 3.70. The molecular weight excluding hydrogens is 318 g/mol. The van der Waals surface area contributed by atoms with Crippen LogP contribution in [-0.2, 0) is 0 Å². The number of para-hydroxylation sites is 1. The normalized spacial score (nSPS) is 11.1. The number of phenolic OH excluding ortho intramolecular Hbond substituents is 1. The Balaban J connectivity index is 1.99. The molecule has 1 heterocycles. The van der Waals surface area contributed by atoms with Gasteiger partial charge in [0.2, 0.25) is 0 Å². The van der Waals surface area contributed by atoms with E-state index in [1.54, 1.807) is 54.6 Å². The molecule has 0 saturated heterocycles. The molecule has 2 N–H and O–H groups in total. The number of nitrogens with zero attached hydrogens (tertiary/aromatic N) is 1. The van der Waals surface area contributed by atoms with Gasteiger partial charge in [0, 0.05) is 5.39 Å². The minimum atomic E-state index is -0.989. The average molecular weight is 335 g/mol. The molecule has 0 atom stereocenters. The molecular formula is C20H17NO4. The molecule has 3 aromatic rings. The van der Waals surface area contributed by atoms with Crippen molar-refractivity contribution in [1.82, 2.24) is 4.98 Å². The molecule has 0 spiro atoms. The van der Waals surface area contributed by atoms with Crippen LogP contribution in [0, 0.1) is 0 Å². The maximum absolute atomic E-state index is 11.5. The molecule has 0 bridgehead atoms. The molecule has 0 radical (unpaired) electrons.